The standard InChI is InChI=1S/C16H20N2O4S/c1-11-4-6-12(7-5-11)17-14(19)9-23-10-15(20)18-8-2-3-13(18)16(21)22/h4-7,13H,2-3,8-10H2,1H3,(H,17,19)(H,21,22)/t13-/m1/s1. The van der Waals surface area contributed by atoms with Crippen molar-refractivity contribution in [1.29, 1.82) is 0 Å². The highest BCUT2D eigenvalue weighted by Gasteiger charge is 2.33. The van der Waals surface area contributed by atoms with Gasteiger partial charge in [0.15, 0.2) is 0 Å². The summed E-state index contributed by atoms with van der Waals surface area (Å²) in [6.07, 6.45) is 1.21. The molecule has 0 saturated carbocycles. The molecule has 1 atom stereocenters. The first-order valence-electron chi connectivity index (χ1n) is 7.44. The summed E-state index contributed by atoms with van der Waals surface area (Å²) in [4.78, 5) is 36.3. The number of hydrogen-bond donors (Lipinski definition) is 2. The molecule has 2 N–H and O–H groups in total. The smallest absolute Gasteiger partial charge is 0.326 e. The van der Waals surface area contributed by atoms with Crippen molar-refractivity contribution in [1.82, 2.24) is 4.90 Å². The van der Waals surface area contributed by atoms with Crippen molar-refractivity contribution in [2.75, 3.05) is 23.4 Å². The number of nitrogens with zero attached hydrogens (tertiary/aromatic N) is 1. The Labute approximate surface area is 139 Å². The summed E-state index contributed by atoms with van der Waals surface area (Å²) in [5, 5.41) is 11.8. The van der Waals surface area contributed by atoms with Crippen molar-refractivity contribution in [3.63, 3.8) is 0 Å². The number of anilines is 1. The highest BCUT2D eigenvalue weighted by Crippen LogP contribution is 2.19. The van der Waals surface area contributed by atoms with E-state index >= 15 is 0 Å². The molecule has 1 aliphatic rings. The van der Waals surface area contributed by atoms with Gasteiger partial charge in [-0.15, -0.1) is 11.8 Å². The van der Waals surface area contributed by atoms with Crippen LogP contribution < -0.4 is 5.32 Å². The molecule has 1 fully saturated rings. The number of rotatable bonds is 6. The number of carbonyl (C=O) groups is 3. The number of aryl methyl sites for hydroxylation is 1. The molecule has 0 unspecified atom stereocenters. The Kier molecular flexibility index (Phi) is 6.04. The average Bonchev–Trinajstić information content (AvgIpc) is 2.99. The van der Waals surface area contributed by atoms with Crippen molar-refractivity contribution < 1.29 is 19.5 Å². The van der Waals surface area contributed by atoms with E-state index in [4.69, 9.17) is 5.11 Å². The summed E-state index contributed by atoms with van der Waals surface area (Å²) in [5.74, 6) is -1.08. The molecule has 124 valence electrons. The first kappa shape index (κ1) is 17.3. The number of carbonyl (C=O) groups excluding carboxylic acids is 2. The summed E-state index contributed by atoms with van der Waals surface area (Å²) in [7, 11) is 0. The molecule has 0 radical (unpaired) electrons. The van der Waals surface area contributed by atoms with Crippen LogP contribution in [-0.2, 0) is 14.4 Å². The summed E-state index contributed by atoms with van der Waals surface area (Å²) in [6.45, 7) is 2.45. The number of benzene rings is 1. The van der Waals surface area contributed by atoms with E-state index in [9.17, 15) is 14.4 Å². The molecule has 0 spiro atoms. The van der Waals surface area contributed by atoms with Crippen molar-refractivity contribution in [2.24, 2.45) is 0 Å². The van der Waals surface area contributed by atoms with Gasteiger partial charge < -0.3 is 15.3 Å². The molecule has 1 saturated heterocycles. The fourth-order valence-corrected chi connectivity index (χ4v) is 3.17. The van der Waals surface area contributed by atoms with Gasteiger partial charge in [0, 0.05) is 12.2 Å². The maximum absolute atomic E-state index is 12.0. The van der Waals surface area contributed by atoms with Crippen LogP contribution in [0.4, 0.5) is 5.69 Å². The van der Waals surface area contributed by atoms with E-state index in [1.807, 2.05) is 31.2 Å². The van der Waals surface area contributed by atoms with Crippen LogP contribution in [0.3, 0.4) is 0 Å². The van der Waals surface area contributed by atoms with Crippen LogP contribution in [0.15, 0.2) is 24.3 Å². The van der Waals surface area contributed by atoms with Gasteiger partial charge in [-0.1, -0.05) is 17.7 Å². The SMILES string of the molecule is Cc1ccc(NC(=O)CSCC(=O)N2CCC[C@@H]2C(=O)O)cc1. The predicted molar refractivity (Wildman–Crippen MR) is 89.5 cm³/mol. The van der Waals surface area contributed by atoms with Crippen LogP contribution in [0, 0.1) is 6.92 Å². The van der Waals surface area contributed by atoms with Crippen molar-refractivity contribution in [3.05, 3.63) is 29.8 Å². The van der Waals surface area contributed by atoms with E-state index in [2.05, 4.69) is 5.32 Å². The minimum Gasteiger partial charge on any atom is -0.480 e. The maximum atomic E-state index is 12.0. The number of thioether (sulfide) groups is 1. The lowest BCUT2D eigenvalue weighted by Crippen LogP contribution is -2.41. The fraction of sp³-hybridized carbons (Fsp3) is 0.438. The topological polar surface area (TPSA) is 86.7 Å². The summed E-state index contributed by atoms with van der Waals surface area (Å²) in [5.41, 5.74) is 1.83. The number of likely N-dealkylation sites (tertiary alicyclic amines) is 1. The number of carboxylic acid groups (broad SMARTS) is 1. The van der Waals surface area contributed by atoms with Crippen molar-refractivity contribution in [3.8, 4) is 0 Å². The minimum atomic E-state index is -0.960. The zero-order valence-corrected chi connectivity index (χ0v) is 13.8. The van der Waals surface area contributed by atoms with E-state index in [-0.39, 0.29) is 23.3 Å². The van der Waals surface area contributed by atoms with E-state index in [0.29, 0.717) is 19.4 Å². The first-order valence-corrected chi connectivity index (χ1v) is 8.59. The molecular weight excluding hydrogens is 316 g/mol. The predicted octanol–water partition coefficient (Wildman–Crippen LogP) is 1.74. The van der Waals surface area contributed by atoms with Crippen LogP contribution in [0.1, 0.15) is 18.4 Å². The molecule has 6 nitrogen and oxygen atoms in total. The molecule has 2 amide bonds. The molecule has 0 aliphatic carbocycles. The lowest BCUT2D eigenvalue weighted by molar-refractivity contribution is -0.147. The third-order valence-corrected chi connectivity index (χ3v) is 4.57. The van der Waals surface area contributed by atoms with Gasteiger partial charge >= 0.3 is 5.97 Å². The van der Waals surface area contributed by atoms with Crippen LogP contribution in [-0.4, -0.2) is 51.9 Å². The van der Waals surface area contributed by atoms with E-state index in [1.54, 1.807) is 0 Å². The normalized spacial score (nSPS) is 17.1. The number of nitrogens with one attached hydrogen (secondary N) is 1. The monoisotopic (exact) mass is 336 g/mol. The number of carboxylic acids is 1. The van der Waals surface area contributed by atoms with Crippen molar-refractivity contribution >= 4 is 35.2 Å². The molecule has 7 heteroatoms. The summed E-state index contributed by atoms with van der Waals surface area (Å²) in [6, 6.07) is 6.75. The van der Waals surface area contributed by atoms with Gasteiger partial charge in [0.25, 0.3) is 0 Å². The van der Waals surface area contributed by atoms with E-state index < -0.39 is 12.0 Å². The number of aliphatic carboxylic acids is 1. The Morgan fingerprint density at radius 2 is 1.96 bits per heavy atom. The highest BCUT2D eigenvalue weighted by molar-refractivity contribution is 8.00. The van der Waals surface area contributed by atoms with Gasteiger partial charge in [-0.05, 0) is 31.9 Å². The van der Waals surface area contributed by atoms with Gasteiger partial charge in [0.2, 0.25) is 11.8 Å². The Bertz CT molecular complexity index is 588. The minimum absolute atomic E-state index is 0.116. The molecule has 23 heavy (non-hydrogen) atoms. The Morgan fingerprint density at radius 1 is 1.26 bits per heavy atom. The van der Waals surface area contributed by atoms with Gasteiger partial charge in [-0.3, -0.25) is 9.59 Å². The highest BCUT2D eigenvalue weighted by atomic mass is 32.2. The van der Waals surface area contributed by atoms with Gasteiger partial charge in [-0.25, -0.2) is 4.79 Å². The second-order valence-corrected chi connectivity index (χ2v) is 6.48. The molecule has 2 rings (SSSR count). The Morgan fingerprint density at radius 3 is 2.61 bits per heavy atom. The zero-order chi connectivity index (χ0) is 16.8. The average molecular weight is 336 g/mol. The van der Waals surface area contributed by atoms with Crippen LogP contribution in [0.5, 0.6) is 0 Å². The van der Waals surface area contributed by atoms with Crippen LogP contribution in [0.25, 0.3) is 0 Å². The first-order chi connectivity index (χ1) is 11.0. The number of amides is 2. The summed E-state index contributed by atoms with van der Waals surface area (Å²) < 4.78 is 0. The molecular formula is C16H20N2O4S. The lowest BCUT2D eigenvalue weighted by Gasteiger charge is -2.21. The molecule has 0 bridgehead atoms. The third-order valence-electron chi connectivity index (χ3n) is 3.65. The Balaban J connectivity index is 1.73. The van der Waals surface area contributed by atoms with Gasteiger partial charge in [-0.2, -0.15) is 0 Å². The molecule has 1 heterocycles. The largest absolute Gasteiger partial charge is 0.480 e. The van der Waals surface area contributed by atoms with Crippen LogP contribution >= 0.6 is 11.8 Å². The molecule has 1 aromatic carbocycles. The van der Waals surface area contributed by atoms with Crippen LogP contribution in [0.2, 0.25) is 0 Å². The maximum Gasteiger partial charge on any atom is 0.326 e. The second-order valence-electron chi connectivity index (χ2n) is 5.49. The zero-order valence-electron chi connectivity index (χ0n) is 12.9. The van der Waals surface area contributed by atoms with Crippen molar-refractivity contribution in [2.45, 2.75) is 25.8 Å². The lowest BCUT2D eigenvalue weighted by atomic mass is 10.2. The van der Waals surface area contributed by atoms with E-state index in [1.165, 1.54) is 16.7 Å². The van der Waals surface area contributed by atoms with Gasteiger partial charge in [0.05, 0.1) is 11.5 Å². The third kappa shape index (κ3) is 4.99. The van der Waals surface area contributed by atoms with Gasteiger partial charge in [0.1, 0.15) is 6.04 Å². The Hall–Kier alpha value is -2.02. The fourth-order valence-electron chi connectivity index (χ4n) is 2.47. The summed E-state index contributed by atoms with van der Waals surface area (Å²) >= 11 is 1.20. The quantitative estimate of drug-likeness (QED) is 0.826. The number of hydrogen-bond acceptors (Lipinski definition) is 4. The molecule has 1 aromatic rings. The van der Waals surface area contributed by atoms with E-state index in [0.717, 1.165) is 11.3 Å². The second kappa shape index (κ2) is 8.01. The molecule has 1 aliphatic heterocycles. The molecule has 0 aromatic heterocycles.